The quantitative estimate of drug-likeness (QED) is 0.485. The van der Waals surface area contributed by atoms with Crippen molar-refractivity contribution in [3.63, 3.8) is 0 Å². The van der Waals surface area contributed by atoms with E-state index < -0.39 is 0 Å². The molecule has 0 unspecified atom stereocenters. The van der Waals surface area contributed by atoms with Crippen molar-refractivity contribution < 1.29 is 23.8 Å². The molecule has 0 saturated carbocycles. The molecule has 0 radical (unpaired) electrons. The fourth-order valence-electron chi connectivity index (χ4n) is 4.94. The fourth-order valence-corrected chi connectivity index (χ4v) is 4.94. The number of likely N-dealkylation sites (tertiary alicyclic amines) is 1. The zero-order valence-corrected chi connectivity index (χ0v) is 20.6. The van der Waals surface area contributed by atoms with Gasteiger partial charge in [0.2, 0.25) is 0 Å². The summed E-state index contributed by atoms with van der Waals surface area (Å²) >= 11 is 0. The highest BCUT2D eigenvalue weighted by Gasteiger charge is 2.33. The standard InChI is InChI=1S/C28H34N2O5/c1-29(28(32)27-8-5-15-35-27)25(17-20-6-4-7-23(16-20)33-2)21-11-13-30(14-12-21)19-22-18-24(34-3)9-10-26(22)31/h4-10,15-16,18,21,25,31H,11-14,17,19H2,1-3H3/t25-/m1/s1. The van der Waals surface area contributed by atoms with Gasteiger partial charge in [0, 0.05) is 25.2 Å². The molecule has 3 aromatic rings. The molecule has 2 aromatic carbocycles. The molecule has 0 aliphatic carbocycles. The van der Waals surface area contributed by atoms with E-state index in [9.17, 15) is 9.90 Å². The number of rotatable bonds is 9. The second-order valence-corrected chi connectivity index (χ2v) is 9.12. The van der Waals surface area contributed by atoms with Gasteiger partial charge < -0.3 is 23.9 Å². The van der Waals surface area contributed by atoms with Crippen LogP contribution in [0.3, 0.4) is 0 Å². The van der Waals surface area contributed by atoms with Gasteiger partial charge in [0.15, 0.2) is 5.76 Å². The van der Waals surface area contributed by atoms with Crippen LogP contribution < -0.4 is 9.47 Å². The Bertz CT molecular complexity index is 1110. The second-order valence-electron chi connectivity index (χ2n) is 9.12. The first-order chi connectivity index (χ1) is 17.0. The summed E-state index contributed by atoms with van der Waals surface area (Å²) in [6, 6.07) is 16.9. The highest BCUT2D eigenvalue weighted by atomic mass is 16.5. The van der Waals surface area contributed by atoms with Crippen LogP contribution in [0.5, 0.6) is 17.2 Å². The number of phenols is 1. The van der Waals surface area contributed by atoms with Gasteiger partial charge in [-0.1, -0.05) is 12.1 Å². The van der Waals surface area contributed by atoms with E-state index in [-0.39, 0.29) is 17.7 Å². The molecule has 1 saturated heterocycles. The van der Waals surface area contributed by atoms with Gasteiger partial charge in [-0.3, -0.25) is 9.69 Å². The minimum absolute atomic E-state index is 0.0204. The number of benzene rings is 2. The Morgan fingerprint density at radius 1 is 1.09 bits per heavy atom. The Morgan fingerprint density at radius 2 is 1.83 bits per heavy atom. The van der Waals surface area contributed by atoms with E-state index in [0.29, 0.717) is 18.2 Å². The lowest BCUT2D eigenvalue weighted by atomic mass is 9.84. The van der Waals surface area contributed by atoms with E-state index in [1.165, 1.54) is 6.26 Å². The number of carbonyl (C=O) groups is 1. The highest BCUT2D eigenvalue weighted by molar-refractivity contribution is 5.91. The number of amides is 1. The van der Waals surface area contributed by atoms with Crippen LogP contribution in [0.25, 0.3) is 0 Å². The smallest absolute Gasteiger partial charge is 0.289 e. The van der Waals surface area contributed by atoms with E-state index in [1.54, 1.807) is 38.5 Å². The fraction of sp³-hybridized carbons (Fsp3) is 0.393. The maximum Gasteiger partial charge on any atom is 0.289 e. The van der Waals surface area contributed by atoms with Crippen molar-refractivity contribution in [2.24, 2.45) is 5.92 Å². The number of carbonyl (C=O) groups excluding carboxylic acids is 1. The number of furan rings is 1. The zero-order valence-electron chi connectivity index (χ0n) is 20.6. The molecule has 1 fully saturated rings. The molecule has 1 N–H and O–H groups in total. The second kappa shape index (κ2) is 11.3. The Hall–Kier alpha value is -3.45. The molecule has 1 atom stereocenters. The maximum absolute atomic E-state index is 13.2. The number of aromatic hydroxyl groups is 1. The molecule has 0 spiro atoms. The zero-order chi connectivity index (χ0) is 24.8. The Morgan fingerprint density at radius 3 is 2.51 bits per heavy atom. The molecule has 0 bridgehead atoms. The number of piperidine rings is 1. The van der Waals surface area contributed by atoms with E-state index in [1.807, 2.05) is 36.2 Å². The molecule has 7 nitrogen and oxygen atoms in total. The molecule has 186 valence electrons. The van der Waals surface area contributed by atoms with Gasteiger partial charge in [0.1, 0.15) is 17.2 Å². The molecule has 1 aliphatic heterocycles. The van der Waals surface area contributed by atoms with Crippen LogP contribution in [0.4, 0.5) is 0 Å². The third-order valence-electron chi connectivity index (χ3n) is 6.99. The lowest BCUT2D eigenvalue weighted by Crippen LogP contribution is -2.47. The van der Waals surface area contributed by atoms with Crippen molar-refractivity contribution in [2.45, 2.75) is 31.8 Å². The average Bonchev–Trinajstić information content (AvgIpc) is 3.43. The number of methoxy groups -OCH3 is 2. The molecule has 1 aliphatic rings. The lowest BCUT2D eigenvalue weighted by molar-refractivity contribution is 0.0555. The van der Waals surface area contributed by atoms with E-state index in [2.05, 4.69) is 11.0 Å². The lowest BCUT2D eigenvalue weighted by Gasteiger charge is -2.40. The van der Waals surface area contributed by atoms with Crippen molar-refractivity contribution in [2.75, 3.05) is 34.4 Å². The van der Waals surface area contributed by atoms with Crippen molar-refractivity contribution in [3.8, 4) is 17.2 Å². The van der Waals surface area contributed by atoms with Gasteiger partial charge in [-0.15, -0.1) is 0 Å². The Labute approximate surface area is 206 Å². The minimum atomic E-state index is -0.105. The van der Waals surface area contributed by atoms with Crippen molar-refractivity contribution >= 4 is 5.91 Å². The monoisotopic (exact) mass is 478 g/mol. The van der Waals surface area contributed by atoms with Crippen LogP contribution in [-0.4, -0.2) is 61.2 Å². The summed E-state index contributed by atoms with van der Waals surface area (Å²) in [7, 11) is 5.17. The van der Waals surface area contributed by atoms with Crippen LogP contribution in [-0.2, 0) is 13.0 Å². The molecule has 1 aromatic heterocycles. The molecule has 7 heteroatoms. The average molecular weight is 479 g/mol. The SMILES string of the molecule is COc1cccc(C[C@H](C2CCN(Cc3cc(OC)ccc3O)CC2)N(C)C(=O)c2ccco2)c1. The summed E-state index contributed by atoms with van der Waals surface area (Å²) in [6.45, 7) is 2.44. The Kier molecular flexibility index (Phi) is 7.98. The van der Waals surface area contributed by atoms with E-state index in [4.69, 9.17) is 13.9 Å². The molecular formula is C28H34N2O5. The normalized spacial score (nSPS) is 15.5. The summed E-state index contributed by atoms with van der Waals surface area (Å²) in [5.41, 5.74) is 2.00. The first kappa shape index (κ1) is 24.7. The van der Waals surface area contributed by atoms with Crippen LogP contribution in [0, 0.1) is 5.92 Å². The molecule has 2 heterocycles. The first-order valence-electron chi connectivity index (χ1n) is 12.0. The van der Waals surface area contributed by atoms with Crippen molar-refractivity contribution in [3.05, 3.63) is 77.7 Å². The molecule has 4 rings (SSSR count). The molecule has 35 heavy (non-hydrogen) atoms. The molecular weight excluding hydrogens is 444 g/mol. The summed E-state index contributed by atoms with van der Waals surface area (Å²) in [5.74, 6) is 2.42. The number of likely N-dealkylation sites (N-methyl/N-ethyl adjacent to an activating group) is 1. The third-order valence-corrected chi connectivity index (χ3v) is 6.99. The summed E-state index contributed by atoms with van der Waals surface area (Å²) in [4.78, 5) is 17.4. The number of hydrogen-bond acceptors (Lipinski definition) is 6. The number of hydrogen-bond donors (Lipinski definition) is 1. The summed E-state index contributed by atoms with van der Waals surface area (Å²) in [5, 5.41) is 10.3. The van der Waals surface area contributed by atoms with Gasteiger partial charge in [0.05, 0.1) is 20.5 Å². The van der Waals surface area contributed by atoms with Gasteiger partial charge >= 0.3 is 0 Å². The molecule has 1 amide bonds. The van der Waals surface area contributed by atoms with Crippen LogP contribution >= 0.6 is 0 Å². The van der Waals surface area contributed by atoms with Crippen molar-refractivity contribution in [1.82, 2.24) is 9.80 Å². The van der Waals surface area contributed by atoms with Gasteiger partial charge in [-0.05, 0) is 86.3 Å². The van der Waals surface area contributed by atoms with Crippen molar-refractivity contribution in [1.29, 1.82) is 0 Å². The first-order valence-corrected chi connectivity index (χ1v) is 12.0. The minimum Gasteiger partial charge on any atom is -0.508 e. The largest absolute Gasteiger partial charge is 0.508 e. The maximum atomic E-state index is 13.2. The van der Waals surface area contributed by atoms with E-state index in [0.717, 1.165) is 55.0 Å². The topological polar surface area (TPSA) is 75.4 Å². The van der Waals surface area contributed by atoms with Gasteiger partial charge in [0.25, 0.3) is 5.91 Å². The highest BCUT2D eigenvalue weighted by Crippen LogP contribution is 2.30. The summed E-state index contributed by atoms with van der Waals surface area (Å²) in [6.07, 6.45) is 4.18. The van der Waals surface area contributed by atoms with Gasteiger partial charge in [-0.25, -0.2) is 0 Å². The Balaban J connectivity index is 1.48. The number of nitrogens with zero attached hydrogens (tertiary/aromatic N) is 2. The van der Waals surface area contributed by atoms with E-state index >= 15 is 0 Å². The van der Waals surface area contributed by atoms with Gasteiger partial charge in [-0.2, -0.15) is 0 Å². The van der Waals surface area contributed by atoms with Crippen LogP contribution in [0.1, 0.15) is 34.5 Å². The van der Waals surface area contributed by atoms with Crippen LogP contribution in [0.15, 0.2) is 65.3 Å². The predicted molar refractivity (Wildman–Crippen MR) is 134 cm³/mol. The third kappa shape index (κ3) is 5.98. The number of ether oxygens (including phenoxy) is 2. The predicted octanol–water partition coefficient (Wildman–Crippen LogP) is 4.60. The number of phenolic OH excluding ortho intramolecular Hbond substituents is 1. The summed E-state index contributed by atoms with van der Waals surface area (Å²) < 4.78 is 16.1. The van der Waals surface area contributed by atoms with Crippen LogP contribution in [0.2, 0.25) is 0 Å².